The predicted octanol–water partition coefficient (Wildman–Crippen LogP) is 0.472. The van der Waals surface area contributed by atoms with E-state index in [1.807, 2.05) is 0 Å². The summed E-state index contributed by atoms with van der Waals surface area (Å²) in [6.07, 6.45) is 4.87. The number of carbonyl (C=O) groups excluding carboxylic acids is 2. The Morgan fingerprint density at radius 1 is 1.63 bits per heavy atom. The molecule has 1 aromatic heterocycles. The zero-order valence-electron chi connectivity index (χ0n) is 10.9. The van der Waals surface area contributed by atoms with Crippen molar-refractivity contribution in [3.05, 3.63) is 18.2 Å². The molecular formula is C12H18N4O3. The number of nitrogens with zero attached hydrogens (tertiary/aromatic N) is 2. The zero-order chi connectivity index (χ0) is 13.7. The quantitative estimate of drug-likeness (QED) is 0.832. The fourth-order valence-corrected chi connectivity index (χ4v) is 2.26. The Morgan fingerprint density at radius 3 is 3.16 bits per heavy atom. The minimum absolute atomic E-state index is 0.0302. The Bertz CT molecular complexity index is 432. The third-order valence-electron chi connectivity index (χ3n) is 3.25. The average Bonchev–Trinajstić information content (AvgIpc) is 2.98. The van der Waals surface area contributed by atoms with Gasteiger partial charge in [-0.25, -0.2) is 9.78 Å². The van der Waals surface area contributed by atoms with E-state index in [9.17, 15) is 9.59 Å². The highest BCUT2D eigenvalue weighted by atomic mass is 16.5. The summed E-state index contributed by atoms with van der Waals surface area (Å²) in [5.74, 6) is 1.06. The molecule has 1 fully saturated rings. The molecule has 19 heavy (non-hydrogen) atoms. The van der Waals surface area contributed by atoms with Crippen LogP contribution in [0.5, 0.6) is 0 Å². The van der Waals surface area contributed by atoms with Crippen LogP contribution in [0.25, 0.3) is 0 Å². The van der Waals surface area contributed by atoms with Gasteiger partial charge in [0.25, 0.3) is 0 Å². The highest BCUT2D eigenvalue weighted by Crippen LogP contribution is 2.24. The SMILES string of the molecule is COC(=O)NCC(=O)N1CCC[C@@H](c2ncc[nH]2)C1. The summed E-state index contributed by atoms with van der Waals surface area (Å²) in [4.78, 5) is 32.0. The number of aromatic amines is 1. The molecule has 2 N–H and O–H groups in total. The highest BCUT2D eigenvalue weighted by Gasteiger charge is 2.26. The second-order valence-electron chi connectivity index (χ2n) is 4.50. The number of hydrogen-bond donors (Lipinski definition) is 2. The number of hydrogen-bond acceptors (Lipinski definition) is 4. The van der Waals surface area contributed by atoms with Gasteiger partial charge in [0, 0.05) is 31.4 Å². The largest absolute Gasteiger partial charge is 0.453 e. The number of nitrogens with one attached hydrogen (secondary N) is 2. The van der Waals surface area contributed by atoms with Crippen LogP contribution in [0.4, 0.5) is 4.79 Å². The van der Waals surface area contributed by atoms with Crippen molar-refractivity contribution in [2.45, 2.75) is 18.8 Å². The monoisotopic (exact) mass is 266 g/mol. The van der Waals surface area contributed by atoms with E-state index in [-0.39, 0.29) is 18.4 Å². The van der Waals surface area contributed by atoms with Crippen molar-refractivity contribution >= 4 is 12.0 Å². The van der Waals surface area contributed by atoms with E-state index in [1.54, 1.807) is 17.3 Å². The van der Waals surface area contributed by atoms with Gasteiger partial charge in [0.15, 0.2) is 0 Å². The minimum Gasteiger partial charge on any atom is -0.453 e. The lowest BCUT2D eigenvalue weighted by Crippen LogP contribution is -2.44. The van der Waals surface area contributed by atoms with Gasteiger partial charge in [0.05, 0.1) is 7.11 Å². The van der Waals surface area contributed by atoms with E-state index in [0.717, 1.165) is 25.2 Å². The number of likely N-dealkylation sites (tertiary alicyclic amines) is 1. The molecule has 0 aromatic carbocycles. The second-order valence-corrected chi connectivity index (χ2v) is 4.50. The highest BCUT2D eigenvalue weighted by molar-refractivity contribution is 5.82. The van der Waals surface area contributed by atoms with Gasteiger partial charge >= 0.3 is 6.09 Å². The maximum atomic E-state index is 12.0. The lowest BCUT2D eigenvalue weighted by molar-refractivity contribution is -0.131. The van der Waals surface area contributed by atoms with E-state index in [0.29, 0.717) is 6.54 Å². The van der Waals surface area contributed by atoms with E-state index < -0.39 is 6.09 Å². The topological polar surface area (TPSA) is 87.3 Å². The molecule has 0 unspecified atom stereocenters. The molecule has 0 saturated carbocycles. The fraction of sp³-hybridized carbons (Fsp3) is 0.583. The van der Waals surface area contributed by atoms with Crippen molar-refractivity contribution in [1.29, 1.82) is 0 Å². The van der Waals surface area contributed by atoms with E-state index in [2.05, 4.69) is 20.0 Å². The van der Waals surface area contributed by atoms with Gasteiger partial charge in [-0.1, -0.05) is 0 Å². The van der Waals surface area contributed by atoms with Gasteiger partial charge in [0.1, 0.15) is 12.4 Å². The molecule has 1 aliphatic rings. The minimum atomic E-state index is -0.590. The Kier molecular flexibility index (Phi) is 4.38. The number of piperidine rings is 1. The van der Waals surface area contributed by atoms with Gasteiger partial charge in [-0.2, -0.15) is 0 Å². The summed E-state index contributed by atoms with van der Waals surface area (Å²) >= 11 is 0. The Labute approximate surface area is 111 Å². The van der Waals surface area contributed by atoms with Gasteiger partial charge in [-0.15, -0.1) is 0 Å². The van der Waals surface area contributed by atoms with Crippen LogP contribution in [-0.2, 0) is 9.53 Å². The van der Waals surface area contributed by atoms with Crippen molar-refractivity contribution in [2.75, 3.05) is 26.7 Å². The molecule has 1 atom stereocenters. The van der Waals surface area contributed by atoms with Crippen molar-refractivity contribution < 1.29 is 14.3 Å². The summed E-state index contributed by atoms with van der Waals surface area (Å²) < 4.78 is 4.43. The molecule has 2 rings (SSSR count). The summed E-state index contributed by atoms with van der Waals surface area (Å²) in [6, 6.07) is 0. The molecule has 0 spiro atoms. The van der Waals surface area contributed by atoms with Crippen LogP contribution >= 0.6 is 0 Å². The number of carbonyl (C=O) groups is 2. The number of methoxy groups -OCH3 is 1. The number of rotatable bonds is 3. The molecule has 7 heteroatoms. The first-order valence-corrected chi connectivity index (χ1v) is 6.29. The van der Waals surface area contributed by atoms with Crippen LogP contribution in [0.3, 0.4) is 0 Å². The van der Waals surface area contributed by atoms with Gasteiger partial charge in [-0.05, 0) is 12.8 Å². The van der Waals surface area contributed by atoms with Crippen molar-refractivity contribution in [3.8, 4) is 0 Å². The molecule has 1 saturated heterocycles. The van der Waals surface area contributed by atoms with Crippen LogP contribution in [0.15, 0.2) is 12.4 Å². The van der Waals surface area contributed by atoms with Gasteiger partial charge < -0.3 is 19.9 Å². The van der Waals surface area contributed by atoms with Crippen LogP contribution < -0.4 is 5.32 Å². The molecule has 2 heterocycles. The van der Waals surface area contributed by atoms with Crippen LogP contribution in [0.1, 0.15) is 24.6 Å². The maximum Gasteiger partial charge on any atom is 0.407 e. The Balaban J connectivity index is 1.86. The third-order valence-corrected chi connectivity index (χ3v) is 3.25. The number of H-pyrrole nitrogens is 1. The smallest absolute Gasteiger partial charge is 0.407 e. The normalized spacial score (nSPS) is 19.0. The first-order valence-electron chi connectivity index (χ1n) is 6.29. The summed E-state index contributed by atoms with van der Waals surface area (Å²) in [5, 5.41) is 2.40. The summed E-state index contributed by atoms with van der Waals surface area (Å²) in [6.45, 7) is 1.33. The van der Waals surface area contributed by atoms with Crippen LogP contribution in [0, 0.1) is 0 Å². The molecule has 7 nitrogen and oxygen atoms in total. The number of amides is 2. The number of alkyl carbamates (subject to hydrolysis) is 1. The van der Waals surface area contributed by atoms with Crippen molar-refractivity contribution in [1.82, 2.24) is 20.2 Å². The first kappa shape index (κ1) is 13.4. The van der Waals surface area contributed by atoms with Crippen LogP contribution in [0.2, 0.25) is 0 Å². The van der Waals surface area contributed by atoms with E-state index >= 15 is 0 Å². The van der Waals surface area contributed by atoms with Crippen molar-refractivity contribution in [3.63, 3.8) is 0 Å². The van der Waals surface area contributed by atoms with Crippen LogP contribution in [-0.4, -0.2) is 53.6 Å². The lowest BCUT2D eigenvalue weighted by atomic mass is 9.97. The lowest BCUT2D eigenvalue weighted by Gasteiger charge is -2.31. The zero-order valence-corrected chi connectivity index (χ0v) is 10.9. The maximum absolute atomic E-state index is 12.0. The fourth-order valence-electron chi connectivity index (χ4n) is 2.26. The van der Waals surface area contributed by atoms with Crippen molar-refractivity contribution in [2.24, 2.45) is 0 Å². The molecule has 2 amide bonds. The molecule has 1 aliphatic heterocycles. The molecule has 0 bridgehead atoms. The molecule has 104 valence electrons. The number of ether oxygens (including phenoxy) is 1. The summed E-state index contributed by atoms with van der Waals surface area (Å²) in [5.41, 5.74) is 0. The van der Waals surface area contributed by atoms with E-state index in [4.69, 9.17) is 0 Å². The Hall–Kier alpha value is -2.05. The molecule has 0 aliphatic carbocycles. The Morgan fingerprint density at radius 2 is 2.47 bits per heavy atom. The third kappa shape index (κ3) is 3.46. The van der Waals surface area contributed by atoms with Gasteiger partial charge in [0.2, 0.25) is 5.91 Å². The average molecular weight is 266 g/mol. The van der Waals surface area contributed by atoms with Gasteiger partial charge in [-0.3, -0.25) is 4.79 Å². The summed E-state index contributed by atoms with van der Waals surface area (Å²) in [7, 11) is 1.27. The standard InChI is InChI=1S/C12H18N4O3/c1-19-12(18)15-7-10(17)16-6-2-3-9(8-16)11-13-4-5-14-11/h4-5,9H,2-3,6-8H2,1H3,(H,13,14)(H,15,18)/t9-/m1/s1. The first-order chi connectivity index (χ1) is 9.20. The molecule has 0 radical (unpaired) electrons. The number of aromatic nitrogens is 2. The second kappa shape index (κ2) is 6.21. The number of imidazole rings is 1. The predicted molar refractivity (Wildman–Crippen MR) is 67.6 cm³/mol. The molecule has 1 aromatic rings. The molecular weight excluding hydrogens is 248 g/mol. The van der Waals surface area contributed by atoms with E-state index in [1.165, 1.54) is 7.11 Å².